The first-order valence-corrected chi connectivity index (χ1v) is 13.0. The molecule has 2 aliphatic carbocycles. The molecule has 0 saturated carbocycles. The highest BCUT2D eigenvalue weighted by atomic mass is 32.1. The summed E-state index contributed by atoms with van der Waals surface area (Å²) < 4.78 is 0. The number of hydrogen-bond donors (Lipinski definition) is 1. The summed E-state index contributed by atoms with van der Waals surface area (Å²) in [4.78, 5) is 16.5. The van der Waals surface area contributed by atoms with E-state index in [9.17, 15) is 15.3 Å². The molecule has 1 aliphatic heterocycles. The summed E-state index contributed by atoms with van der Waals surface area (Å²) in [5, 5.41) is 21.2. The first-order chi connectivity index (χ1) is 16.6. The minimum Gasteiger partial charge on any atom is -0.384 e. The van der Waals surface area contributed by atoms with Gasteiger partial charge >= 0.3 is 0 Å². The monoisotopic (exact) mass is 468 g/mol. The van der Waals surface area contributed by atoms with Gasteiger partial charge in [-0.15, -0.1) is 11.3 Å². The van der Waals surface area contributed by atoms with E-state index < -0.39 is 5.92 Å². The van der Waals surface area contributed by atoms with Crippen molar-refractivity contribution >= 4 is 22.1 Å². The highest BCUT2D eigenvalue weighted by Crippen LogP contribution is 2.49. The summed E-state index contributed by atoms with van der Waals surface area (Å²) in [6, 6.07) is 12.9. The summed E-state index contributed by atoms with van der Waals surface area (Å²) in [5.74, 6) is -0.0283. The van der Waals surface area contributed by atoms with Gasteiger partial charge in [-0.25, -0.2) is 0 Å². The smallest absolute Gasteiger partial charge is 0.161 e. The number of hydrogen-bond acceptors (Lipinski definition) is 6. The second-order valence-corrected chi connectivity index (χ2v) is 10.4. The molecule has 1 aromatic heterocycles. The third-order valence-corrected chi connectivity index (χ3v) is 8.63. The molecule has 1 atom stereocenters. The summed E-state index contributed by atoms with van der Waals surface area (Å²) in [6.07, 6.45) is 8.09. The fraction of sp³-hybridized carbons (Fsp3) is 0.393. The van der Waals surface area contributed by atoms with E-state index in [1.807, 2.05) is 17.0 Å². The maximum Gasteiger partial charge on any atom is 0.161 e. The molecule has 2 heterocycles. The Labute approximate surface area is 204 Å². The van der Waals surface area contributed by atoms with E-state index in [1.54, 1.807) is 11.3 Å². The Morgan fingerprint density at radius 3 is 2.50 bits per heavy atom. The van der Waals surface area contributed by atoms with Gasteiger partial charge in [0.2, 0.25) is 0 Å². The predicted octanol–water partition coefficient (Wildman–Crippen LogP) is 5.76. The van der Waals surface area contributed by atoms with Crippen LogP contribution < -0.4 is 10.6 Å². The van der Waals surface area contributed by atoms with Crippen molar-refractivity contribution in [1.82, 2.24) is 0 Å². The lowest BCUT2D eigenvalue weighted by Gasteiger charge is -2.39. The molecule has 172 valence electrons. The van der Waals surface area contributed by atoms with Gasteiger partial charge in [-0.1, -0.05) is 37.6 Å². The fourth-order valence-electron chi connectivity index (χ4n) is 5.60. The van der Waals surface area contributed by atoms with Gasteiger partial charge in [-0.2, -0.15) is 10.5 Å². The number of Topliss-reactive ketones (excluding diaryl/α,β-unsaturated/α-hetero) is 1. The Morgan fingerprint density at radius 1 is 1.03 bits per heavy atom. The Bertz CT molecular complexity index is 1300. The van der Waals surface area contributed by atoms with Crippen LogP contribution in [0.1, 0.15) is 78.5 Å². The van der Waals surface area contributed by atoms with Crippen LogP contribution in [0.2, 0.25) is 0 Å². The number of ketones is 1. The van der Waals surface area contributed by atoms with Crippen molar-refractivity contribution in [3.8, 4) is 12.1 Å². The largest absolute Gasteiger partial charge is 0.384 e. The van der Waals surface area contributed by atoms with Gasteiger partial charge in [0.05, 0.1) is 23.1 Å². The fourth-order valence-corrected chi connectivity index (χ4v) is 6.98. The van der Waals surface area contributed by atoms with E-state index in [1.165, 1.54) is 16.9 Å². The van der Waals surface area contributed by atoms with Crippen LogP contribution in [0.4, 0.5) is 5.00 Å². The van der Waals surface area contributed by atoms with E-state index in [0.29, 0.717) is 35.4 Å². The molecule has 0 saturated heterocycles. The van der Waals surface area contributed by atoms with Crippen LogP contribution >= 0.6 is 11.3 Å². The summed E-state index contributed by atoms with van der Waals surface area (Å²) in [7, 11) is 0. The topological polar surface area (TPSA) is 93.9 Å². The van der Waals surface area contributed by atoms with Crippen LogP contribution in [0.3, 0.4) is 0 Å². The van der Waals surface area contributed by atoms with E-state index in [-0.39, 0.29) is 5.78 Å². The number of thiophene rings is 1. The van der Waals surface area contributed by atoms with E-state index >= 15 is 0 Å². The molecular formula is C28H28N4OS. The molecular weight excluding hydrogens is 440 g/mol. The molecule has 2 N–H and O–H groups in total. The number of fused-ring (bicyclic) bond motifs is 1. The second kappa shape index (κ2) is 9.12. The quantitative estimate of drug-likeness (QED) is 0.578. The molecule has 0 spiro atoms. The number of allylic oxidation sites excluding steroid dienone is 3. The maximum absolute atomic E-state index is 13.4. The van der Waals surface area contributed by atoms with Gasteiger partial charge in [0.15, 0.2) is 5.78 Å². The van der Waals surface area contributed by atoms with Crippen molar-refractivity contribution in [2.45, 2.75) is 70.6 Å². The molecule has 5 rings (SSSR count). The zero-order valence-electron chi connectivity index (χ0n) is 19.5. The first-order valence-electron chi connectivity index (χ1n) is 12.2. The number of nitriles is 2. The lowest BCUT2D eigenvalue weighted by Crippen LogP contribution is -2.38. The first kappa shape index (κ1) is 22.4. The highest BCUT2D eigenvalue weighted by molar-refractivity contribution is 7.16. The van der Waals surface area contributed by atoms with Crippen LogP contribution in [0, 0.1) is 22.7 Å². The molecule has 0 fully saturated rings. The van der Waals surface area contributed by atoms with E-state index in [2.05, 4.69) is 31.2 Å². The molecule has 6 heteroatoms. The summed E-state index contributed by atoms with van der Waals surface area (Å²) in [5.41, 5.74) is 12.6. The Kier molecular flexibility index (Phi) is 6.02. The standard InChI is InChI=1S/C28H28N4OS/c1-2-17-11-13-18(14-12-17)25-21(16-30)27(31)32(22-8-6-9-23(33)26(22)25)28-20(15-29)19-7-4-3-5-10-24(19)34-28/h11-14,25H,2-10,31H2,1H3/t25-/m1/s1. The number of benzene rings is 1. The third-order valence-electron chi connectivity index (χ3n) is 7.35. The third kappa shape index (κ3) is 3.54. The minimum absolute atomic E-state index is 0.0766. The molecule has 2 aromatic rings. The van der Waals surface area contributed by atoms with Crippen molar-refractivity contribution in [2.24, 2.45) is 5.73 Å². The molecule has 3 aliphatic rings. The van der Waals surface area contributed by atoms with Gasteiger partial charge in [-0.3, -0.25) is 9.69 Å². The molecule has 0 amide bonds. The van der Waals surface area contributed by atoms with Gasteiger partial charge < -0.3 is 5.73 Å². The Balaban J connectivity index is 1.72. The number of carbonyl (C=O) groups excluding carboxylic acids is 1. The average Bonchev–Trinajstić information content (AvgIpc) is 3.03. The van der Waals surface area contributed by atoms with Crippen molar-refractivity contribution in [2.75, 3.05) is 4.90 Å². The zero-order valence-corrected chi connectivity index (χ0v) is 20.3. The molecule has 0 unspecified atom stereocenters. The number of carbonyl (C=O) groups is 1. The van der Waals surface area contributed by atoms with Crippen LogP contribution in [0.25, 0.3) is 0 Å². The molecule has 1 aromatic carbocycles. The minimum atomic E-state index is -0.460. The summed E-state index contributed by atoms with van der Waals surface area (Å²) in [6.45, 7) is 2.10. The van der Waals surface area contributed by atoms with Gasteiger partial charge in [0.1, 0.15) is 16.9 Å². The van der Waals surface area contributed by atoms with Crippen LogP contribution in [-0.4, -0.2) is 5.78 Å². The van der Waals surface area contributed by atoms with Crippen LogP contribution in [0.5, 0.6) is 0 Å². The Morgan fingerprint density at radius 2 is 1.79 bits per heavy atom. The van der Waals surface area contributed by atoms with Crippen molar-refractivity contribution in [3.63, 3.8) is 0 Å². The van der Waals surface area contributed by atoms with Crippen LogP contribution in [0.15, 0.2) is 46.9 Å². The SMILES string of the molecule is CCc1ccc([C@@H]2C(C#N)=C(N)N(c3sc4c(c3C#N)CCCCC4)C3=C2C(=O)CCC3)cc1. The number of aryl methyl sites for hydroxylation is 2. The highest BCUT2D eigenvalue weighted by Gasteiger charge is 2.41. The van der Waals surface area contributed by atoms with Gasteiger partial charge in [-0.05, 0) is 61.6 Å². The lowest BCUT2D eigenvalue weighted by atomic mass is 9.75. The second-order valence-electron chi connectivity index (χ2n) is 9.27. The van der Waals surface area contributed by atoms with Gasteiger partial charge in [0.25, 0.3) is 0 Å². The number of nitrogens with two attached hydrogens (primary N) is 1. The number of nitrogens with zero attached hydrogens (tertiary/aromatic N) is 3. The number of anilines is 1. The van der Waals surface area contributed by atoms with Crippen molar-refractivity contribution < 1.29 is 4.79 Å². The maximum atomic E-state index is 13.4. The van der Waals surface area contributed by atoms with Crippen LogP contribution in [-0.2, 0) is 24.1 Å². The van der Waals surface area contributed by atoms with Crippen molar-refractivity contribution in [3.05, 3.63) is 74.1 Å². The summed E-state index contributed by atoms with van der Waals surface area (Å²) >= 11 is 1.62. The van der Waals surface area contributed by atoms with Crippen molar-refractivity contribution in [1.29, 1.82) is 10.5 Å². The molecule has 34 heavy (non-hydrogen) atoms. The molecule has 5 nitrogen and oxygen atoms in total. The average molecular weight is 469 g/mol. The molecule has 0 bridgehead atoms. The number of rotatable bonds is 3. The normalized spacial score (nSPS) is 20.4. The van der Waals surface area contributed by atoms with Gasteiger partial charge in [0, 0.05) is 22.6 Å². The lowest BCUT2D eigenvalue weighted by molar-refractivity contribution is -0.116. The molecule has 0 radical (unpaired) electrons. The van der Waals surface area contributed by atoms with E-state index in [4.69, 9.17) is 5.73 Å². The predicted molar refractivity (Wildman–Crippen MR) is 134 cm³/mol. The zero-order chi connectivity index (χ0) is 23.8. The van der Waals surface area contributed by atoms with E-state index in [0.717, 1.165) is 60.3 Å². The Hall–Kier alpha value is -3.35.